The first-order chi connectivity index (χ1) is 7.65. The van der Waals surface area contributed by atoms with Crippen LogP contribution in [-0.2, 0) is 4.79 Å². The molecular formula is C12H24N2O3. The number of aliphatic carboxylic acids is 1. The van der Waals surface area contributed by atoms with Crippen LogP contribution in [-0.4, -0.2) is 28.7 Å². The SMILES string of the molecule is CC(C)CCC(C)NC(=O)NC(C)(C)C(=O)O. The Hall–Kier alpha value is -1.26. The first-order valence-corrected chi connectivity index (χ1v) is 5.97. The van der Waals surface area contributed by atoms with Crippen LogP contribution < -0.4 is 10.6 Å². The van der Waals surface area contributed by atoms with Crippen LogP contribution >= 0.6 is 0 Å². The van der Waals surface area contributed by atoms with Crippen molar-refractivity contribution in [2.75, 3.05) is 0 Å². The Kier molecular flexibility index (Phi) is 5.99. The molecule has 1 unspecified atom stereocenters. The van der Waals surface area contributed by atoms with Crippen molar-refractivity contribution >= 4 is 12.0 Å². The van der Waals surface area contributed by atoms with Crippen molar-refractivity contribution in [2.45, 2.75) is 59.0 Å². The summed E-state index contributed by atoms with van der Waals surface area (Å²) in [4.78, 5) is 22.3. The molecule has 5 heteroatoms. The molecule has 0 fully saturated rings. The van der Waals surface area contributed by atoms with E-state index in [1.54, 1.807) is 0 Å². The maximum atomic E-state index is 11.5. The van der Waals surface area contributed by atoms with Crippen LogP contribution in [0.2, 0.25) is 0 Å². The molecule has 1 atom stereocenters. The minimum atomic E-state index is -1.25. The number of rotatable bonds is 6. The minimum Gasteiger partial charge on any atom is -0.480 e. The van der Waals surface area contributed by atoms with Crippen molar-refractivity contribution in [2.24, 2.45) is 5.92 Å². The van der Waals surface area contributed by atoms with Gasteiger partial charge in [0.15, 0.2) is 0 Å². The molecule has 3 N–H and O–H groups in total. The van der Waals surface area contributed by atoms with Gasteiger partial charge in [-0.15, -0.1) is 0 Å². The Bertz CT molecular complexity index is 275. The zero-order chi connectivity index (χ0) is 13.6. The summed E-state index contributed by atoms with van der Waals surface area (Å²) in [6.45, 7) is 9.07. The maximum Gasteiger partial charge on any atom is 0.328 e. The van der Waals surface area contributed by atoms with Crippen LogP contribution in [0.3, 0.4) is 0 Å². The van der Waals surface area contributed by atoms with E-state index in [4.69, 9.17) is 5.11 Å². The molecule has 0 aliphatic carbocycles. The number of amides is 2. The van der Waals surface area contributed by atoms with E-state index in [1.165, 1.54) is 13.8 Å². The predicted octanol–water partition coefficient (Wildman–Crippen LogP) is 1.97. The molecule has 0 rings (SSSR count). The largest absolute Gasteiger partial charge is 0.480 e. The van der Waals surface area contributed by atoms with Gasteiger partial charge >= 0.3 is 12.0 Å². The summed E-state index contributed by atoms with van der Waals surface area (Å²) in [5.41, 5.74) is -1.25. The Morgan fingerprint density at radius 3 is 2.12 bits per heavy atom. The number of carboxylic acid groups (broad SMARTS) is 1. The fourth-order valence-corrected chi connectivity index (χ4v) is 1.25. The molecule has 0 aliphatic rings. The lowest BCUT2D eigenvalue weighted by atomic mass is 10.0. The standard InChI is InChI=1S/C12H24N2O3/c1-8(2)6-7-9(3)13-11(17)14-12(4,5)10(15)16/h8-9H,6-7H2,1-5H3,(H,15,16)(H2,13,14,17). The molecule has 0 spiro atoms. The maximum absolute atomic E-state index is 11.5. The second-order valence-corrected chi connectivity index (χ2v) is 5.40. The summed E-state index contributed by atoms with van der Waals surface area (Å²) in [5, 5.41) is 14.0. The lowest BCUT2D eigenvalue weighted by Gasteiger charge is -2.23. The third-order valence-corrected chi connectivity index (χ3v) is 2.52. The fourth-order valence-electron chi connectivity index (χ4n) is 1.25. The average Bonchev–Trinajstić information content (AvgIpc) is 2.13. The fraction of sp³-hybridized carbons (Fsp3) is 0.833. The molecule has 0 heterocycles. The molecule has 0 radical (unpaired) electrons. The van der Waals surface area contributed by atoms with E-state index in [0.717, 1.165) is 12.8 Å². The number of hydrogen-bond acceptors (Lipinski definition) is 2. The van der Waals surface area contributed by atoms with Gasteiger partial charge in [-0.25, -0.2) is 9.59 Å². The molecule has 0 aliphatic heterocycles. The third kappa shape index (κ3) is 6.81. The number of urea groups is 1. The van der Waals surface area contributed by atoms with E-state index in [-0.39, 0.29) is 6.04 Å². The zero-order valence-corrected chi connectivity index (χ0v) is 11.3. The summed E-state index contributed by atoms with van der Waals surface area (Å²) in [6.07, 6.45) is 1.92. The molecule has 0 aromatic heterocycles. The van der Waals surface area contributed by atoms with Crippen LogP contribution in [0.25, 0.3) is 0 Å². The zero-order valence-electron chi connectivity index (χ0n) is 11.3. The van der Waals surface area contributed by atoms with Crippen molar-refractivity contribution in [1.29, 1.82) is 0 Å². The van der Waals surface area contributed by atoms with Crippen molar-refractivity contribution < 1.29 is 14.7 Å². The van der Waals surface area contributed by atoms with Gasteiger partial charge < -0.3 is 15.7 Å². The van der Waals surface area contributed by atoms with Crippen molar-refractivity contribution in [3.8, 4) is 0 Å². The average molecular weight is 244 g/mol. The Morgan fingerprint density at radius 1 is 1.18 bits per heavy atom. The van der Waals surface area contributed by atoms with E-state index in [2.05, 4.69) is 24.5 Å². The van der Waals surface area contributed by atoms with E-state index >= 15 is 0 Å². The van der Waals surface area contributed by atoms with Gasteiger partial charge in [0.1, 0.15) is 5.54 Å². The molecular weight excluding hydrogens is 220 g/mol. The summed E-state index contributed by atoms with van der Waals surface area (Å²) in [5.74, 6) is -0.458. The smallest absolute Gasteiger partial charge is 0.328 e. The molecule has 0 aromatic rings. The highest BCUT2D eigenvalue weighted by atomic mass is 16.4. The third-order valence-electron chi connectivity index (χ3n) is 2.52. The quantitative estimate of drug-likeness (QED) is 0.668. The van der Waals surface area contributed by atoms with Crippen LogP contribution in [0.1, 0.15) is 47.5 Å². The number of carboxylic acids is 1. The van der Waals surface area contributed by atoms with Crippen molar-refractivity contribution in [3.63, 3.8) is 0 Å². The molecule has 5 nitrogen and oxygen atoms in total. The molecule has 17 heavy (non-hydrogen) atoms. The normalized spacial score (nSPS) is 13.3. The second kappa shape index (κ2) is 6.47. The number of nitrogens with one attached hydrogen (secondary N) is 2. The predicted molar refractivity (Wildman–Crippen MR) is 66.9 cm³/mol. The van der Waals surface area contributed by atoms with E-state index < -0.39 is 17.5 Å². The number of carbonyl (C=O) groups is 2. The van der Waals surface area contributed by atoms with Crippen molar-refractivity contribution in [3.05, 3.63) is 0 Å². The highest BCUT2D eigenvalue weighted by Crippen LogP contribution is 2.07. The summed E-state index contributed by atoms with van der Waals surface area (Å²) in [7, 11) is 0. The molecule has 0 bridgehead atoms. The second-order valence-electron chi connectivity index (χ2n) is 5.40. The Labute approximate surface area is 103 Å². The summed E-state index contributed by atoms with van der Waals surface area (Å²) in [6, 6.07) is -0.393. The van der Waals surface area contributed by atoms with Gasteiger partial charge in [0, 0.05) is 6.04 Å². The van der Waals surface area contributed by atoms with Gasteiger partial charge in [0.05, 0.1) is 0 Å². The van der Waals surface area contributed by atoms with E-state index in [9.17, 15) is 9.59 Å². The Morgan fingerprint density at radius 2 is 1.71 bits per heavy atom. The lowest BCUT2D eigenvalue weighted by Crippen LogP contribution is -2.54. The molecule has 0 saturated carbocycles. The van der Waals surface area contributed by atoms with E-state index in [1.807, 2.05) is 6.92 Å². The van der Waals surface area contributed by atoms with Gasteiger partial charge in [-0.3, -0.25) is 0 Å². The molecule has 0 aromatic carbocycles. The summed E-state index contributed by atoms with van der Waals surface area (Å²) >= 11 is 0. The van der Waals surface area contributed by atoms with Crippen LogP contribution in [0.4, 0.5) is 4.79 Å². The minimum absolute atomic E-state index is 0.0435. The molecule has 0 saturated heterocycles. The number of hydrogen-bond donors (Lipinski definition) is 3. The van der Waals surface area contributed by atoms with Crippen LogP contribution in [0.15, 0.2) is 0 Å². The highest BCUT2D eigenvalue weighted by Gasteiger charge is 2.29. The first-order valence-electron chi connectivity index (χ1n) is 5.97. The number of carbonyl (C=O) groups excluding carboxylic acids is 1. The van der Waals surface area contributed by atoms with Gasteiger partial charge in [0.2, 0.25) is 0 Å². The van der Waals surface area contributed by atoms with Crippen LogP contribution in [0, 0.1) is 5.92 Å². The van der Waals surface area contributed by atoms with E-state index in [0.29, 0.717) is 5.92 Å². The topological polar surface area (TPSA) is 78.4 Å². The van der Waals surface area contributed by atoms with Crippen molar-refractivity contribution in [1.82, 2.24) is 10.6 Å². The van der Waals surface area contributed by atoms with Gasteiger partial charge in [-0.1, -0.05) is 13.8 Å². The van der Waals surface area contributed by atoms with Gasteiger partial charge in [0.25, 0.3) is 0 Å². The molecule has 100 valence electrons. The van der Waals surface area contributed by atoms with Gasteiger partial charge in [-0.2, -0.15) is 0 Å². The monoisotopic (exact) mass is 244 g/mol. The van der Waals surface area contributed by atoms with Gasteiger partial charge in [-0.05, 0) is 39.5 Å². The van der Waals surface area contributed by atoms with Crippen LogP contribution in [0.5, 0.6) is 0 Å². The lowest BCUT2D eigenvalue weighted by molar-refractivity contribution is -0.142. The highest BCUT2D eigenvalue weighted by molar-refractivity contribution is 5.85. The first kappa shape index (κ1) is 15.7. The molecule has 2 amide bonds. The Balaban J connectivity index is 4.06. The summed E-state index contributed by atoms with van der Waals surface area (Å²) < 4.78 is 0.